The molecule has 0 radical (unpaired) electrons. The second-order valence-electron chi connectivity index (χ2n) is 4.98. The van der Waals surface area contributed by atoms with E-state index in [1.54, 1.807) is 19.2 Å². The number of carbonyl (C=O) groups is 1. The van der Waals surface area contributed by atoms with E-state index in [4.69, 9.17) is 14.3 Å². The van der Waals surface area contributed by atoms with Crippen LogP contribution in [-0.4, -0.2) is 28.4 Å². The summed E-state index contributed by atoms with van der Waals surface area (Å²) in [5, 5.41) is 17.1. The van der Waals surface area contributed by atoms with Gasteiger partial charge in [0.2, 0.25) is 11.8 Å². The zero-order valence-corrected chi connectivity index (χ0v) is 12.6. The van der Waals surface area contributed by atoms with Crippen LogP contribution in [0, 0.1) is 6.92 Å². The van der Waals surface area contributed by atoms with Crippen molar-refractivity contribution in [2.45, 2.75) is 6.92 Å². The lowest BCUT2D eigenvalue weighted by Gasteiger charge is -2.04. The van der Waals surface area contributed by atoms with Crippen LogP contribution in [0.5, 0.6) is 5.75 Å². The zero-order chi connectivity index (χ0) is 16.4. The van der Waals surface area contributed by atoms with Crippen molar-refractivity contribution in [3.05, 3.63) is 53.6 Å². The Bertz CT molecular complexity index is 871. The van der Waals surface area contributed by atoms with Crippen molar-refractivity contribution in [1.82, 2.24) is 10.2 Å². The number of aryl methyl sites for hydroxylation is 1. The summed E-state index contributed by atoms with van der Waals surface area (Å²) in [6.45, 7) is 1.93. The first-order valence-electron chi connectivity index (χ1n) is 6.90. The fraction of sp³-hybridized carbons (Fsp3) is 0.118. The Labute approximate surface area is 132 Å². The monoisotopic (exact) mass is 310 g/mol. The molecular formula is C17H14N2O4. The fourth-order valence-electron chi connectivity index (χ4n) is 2.25. The van der Waals surface area contributed by atoms with Gasteiger partial charge in [-0.2, -0.15) is 0 Å². The van der Waals surface area contributed by atoms with E-state index in [0.717, 1.165) is 16.9 Å². The number of rotatable bonds is 4. The molecule has 3 rings (SSSR count). The molecule has 1 N–H and O–H groups in total. The maximum absolute atomic E-state index is 11.0. The van der Waals surface area contributed by atoms with Gasteiger partial charge in [-0.15, -0.1) is 10.2 Å². The number of methoxy groups -OCH3 is 1. The lowest BCUT2D eigenvalue weighted by molar-refractivity contribution is 0.0697. The van der Waals surface area contributed by atoms with Crippen molar-refractivity contribution in [1.29, 1.82) is 0 Å². The van der Waals surface area contributed by atoms with E-state index in [2.05, 4.69) is 10.2 Å². The summed E-state index contributed by atoms with van der Waals surface area (Å²) in [6, 6.07) is 11.9. The zero-order valence-electron chi connectivity index (χ0n) is 12.6. The van der Waals surface area contributed by atoms with Gasteiger partial charge in [-0.05, 0) is 48.9 Å². The van der Waals surface area contributed by atoms with Gasteiger partial charge in [0.05, 0.1) is 12.7 Å². The highest BCUT2D eigenvalue weighted by Gasteiger charge is 2.13. The molecule has 0 fully saturated rings. The predicted molar refractivity (Wildman–Crippen MR) is 83.4 cm³/mol. The maximum Gasteiger partial charge on any atom is 0.335 e. The van der Waals surface area contributed by atoms with Gasteiger partial charge in [0.15, 0.2) is 0 Å². The Morgan fingerprint density at radius 1 is 1.09 bits per heavy atom. The molecule has 0 aliphatic carbocycles. The minimum absolute atomic E-state index is 0.169. The summed E-state index contributed by atoms with van der Waals surface area (Å²) in [5.41, 5.74) is 2.46. The van der Waals surface area contributed by atoms with Crippen LogP contribution in [0.2, 0.25) is 0 Å². The van der Waals surface area contributed by atoms with E-state index in [1.807, 2.05) is 25.1 Å². The molecule has 0 saturated heterocycles. The third-order valence-electron chi connectivity index (χ3n) is 3.42. The smallest absolute Gasteiger partial charge is 0.335 e. The summed E-state index contributed by atoms with van der Waals surface area (Å²) in [5.74, 6) is 0.420. The maximum atomic E-state index is 11.0. The van der Waals surface area contributed by atoms with Gasteiger partial charge in [-0.3, -0.25) is 0 Å². The summed E-state index contributed by atoms with van der Waals surface area (Å²) < 4.78 is 10.9. The third kappa shape index (κ3) is 2.91. The molecule has 1 aromatic heterocycles. The number of carboxylic acid groups (broad SMARTS) is 1. The highest BCUT2D eigenvalue weighted by Crippen LogP contribution is 2.28. The Hall–Kier alpha value is -3.15. The highest BCUT2D eigenvalue weighted by molar-refractivity contribution is 5.89. The topological polar surface area (TPSA) is 85.5 Å². The van der Waals surface area contributed by atoms with E-state index < -0.39 is 5.97 Å². The average Bonchev–Trinajstić information content (AvgIpc) is 3.05. The first-order chi connectivity index (χ1) is 11.1. The predicted octanol–water partition coefficient (Wildman–Crippen LogP) is 3.42. The quantitative estimate of drug-likeness (QED) is 0.794. The van der Waals surface area contributed by atoms with Gasteiger partial charge in [-0.25, -0.2) is 4.79 Å². The largest absolute Gasteiger partial charge is 0.496 e. The van der Waals surface area contributed by atoms with Crippen molar-refractivity contribution in [2.75, 3.05) is 7.11 Å². The molecule has 2 aromatic carbocycles. The van der Waals surface area contributed by atoms with Crippen LogP contribution < -0.4 is 4.74 Å². The summed E-state index contributed by atoms with van der Waals surface area (Å²) in [6.07, 6.45) is 0. The van der Waals surface area contributed by atoms with Crippen LogP contribution in [0.15, 0.2) is 46.9 Å². The molecule has 0 saturated carbocycles. The van der Waals surface area contributed by atoms with Crippen molar-refractivity contribution in [3.63, 3.8) is 0 Å². The Balaban J connectivity index is 1.96. The normalized spacial score (nSPS) is 10.5. The fourth-order valence-corrected chi connectivity index (χ4v) is 2.25. The lowest BCUT2D eigenvalue weighted by atomic mass is 10.1. The Morgan fingerprint density at radius 3 is 2.39 bits per heavy atom. The highest BCUT2D eigenvalue weighted by atomic mass is 16.5. The SMILES string of the molecule is COc1ccc(-c2nnc(-c3cccc(C(=O)O)c3)o2)cc1C. The number of ether oxygens (including phenoxy) is 1. The van der Waals surface area contributed by atoms with Crippen molar-refractivity contribution >= 4 is 5.97 Å². The van der Waals surface area contributed by atoms with Crippen molar-refractivity contribution in [3.8, 4) is 28.7 Å². The number of carboxylic acids is 1. The first-order valence-corrected chi connectivity index (χ1v) is 6.90. The van der Waals surface area contributed by atoms with Crippen LogP contribution in [0.4, 0.5) is 0 Å². The average molecular weight is 310 g/mol. The van der Waals surface area contributed by atoms with Gasteiger partial charge in [0, 0.05) is 11.1 Å². The molecule has 0 aliphatic heterocycles. The molecule has 116 valence electrons. The van der Waals surface area contributed by atoms with Crippen LogP contribution in [0.1, 0.15) is 15.9 Å². The van der Waals surface area contributed by atoms with Crippen LogP contribution in [0.25, 0.3) is 22.9 Å². The molecule has 0 atom stereocenters. The molecule has 0 bridgehead atoms. The van der Waals surface area contributed by atoms with Gasteiger partial charge in [-0.1, -0.05) is 6.07 Å². The Morgan fingerprint density at radius 2 is 1.78 bits per heavy atom. The molecule has 3 aromatic rings. The van der Waals surface area contributed by atoms with Crippen molar-refractivity contribution < 1.29 is 19.1 Å². The third-order valence-corrected chi connectivity index (χ3v) is 3.42. The molecule has 0 amide bonds. The second-order valence-corrected chi connectivity index (χ2v) is 4.98. The first kappa shape index (κ1) is 14.8. The molecule has 6 heteroatoms. The number of benzene rings is 2. The van der Waals surface area contributed by atoms with Crippen molar-refractivity contribution in [2.24, 2.45) is 0 Å². The lowest BCUT2D eigenvalue weighted by Crippen LogP contribution is -1.95. The van der Waals surface area contributed by atoms with Crippen LogP contribution >= 0.6 is 0 Å². The van der Waals surface area contributed by atoms with Gasteiger partial charge in [0.25, 0.3) is 0 Å². The summed E-state index contributed by atoms with van der Waals surface area (Å²) >= 11 is 0. The second kappa shape index (κ2) is 5.92. The minimum atomic E-state index is -1.00. The van der Waals surface area contributed by atoms with Crippen LogP contribution in [0.3, 0.4) is 0 Å². The number of hydrogen-bond donors (Lipinski definition) is 1. The van der Waals surface area contributed by atoms with Gasteiger partial charge >= 0.3 is 5.97 Å². The van der Waals surface area contributed by atoms with E-state index in [1.165, 1.54) is 12.1 Å². The molecule has 0 aliphatic rings. The molecule has 0 unspecified atom stereocenters. The van der Waals surface area contributed by atoms with Gasteiger partial charge < -0.3 is 14.3 Å². The van der Waals surface area contributed by atoms with E-state index in [9.17, 15) is 4.79 Å². The number of aromatic carboxylic acids is 1. The Kier molecular flexibility index (Phi) is 3.80. The standard InChI is InChI=1S/C17H14N2O4/c1-10-8-12(6-7-14(10)22-2)16-19-18-15(23-16)11-4-3-5-13(9-11)17(20)21/h3-9H,1-2H3,(H,20,21). The van der Waals surface area contributed by atoms with E-state index >= 15 is 0 Å². The molecule has 0 spiro atoms. The van der Waals surface area contributed by atoms with E-state index in [0.29, 0.717) is 11.5 Å². The summed E-state index contributed by atoms with van der Waals surface area (Å²) in [7, 11) is 1.61. The summed E-state index contributed by atoms with van der Waals surface area (Å²) in [4.78, 5) is 11.0. The number of hydrogen-bond acceptors (Lipinski definition) is 5. The molecule has 23 heavy (non-hydrogen) atoms. The molecular weight excluding hydrogens is 296 g/mol. The minimum Gasteiger partial charge on any atom is -0.496 e. The van der Waals surface area contributed by atoms with E-state index in [-0.39, 0.29) is 11.5 Å². The van der Waals surface area contributed by atoms with Crippen LogP contribution in [-0.2, 0) is 0 Å². The number of nitrogens with zero attached hydrogens (tertiary/aromatic N) is 2. The number of aromatic nitrogens is 2. The molecule has 6 nitrogen and oxygen atoms in total. The van der Waals surface area contributed by atoms with Gasteiger partial charge in [0.1, 0.15) is 5.75 Å². The molecule has 1 heterocycles.